The topological polar surface area (TPSA) is 55.7 Å². The summed E-state index contributed by atoms with van der Waals surface area (Å²) in [6, 6.07) is 5.43. The number of nitrogens with zero attached hydrogens (tertiary/aromatic N) is 1. The molecule has 0 aromatic heterocycles. The smallest absolute Gasteiger partial charge is 0.140 e. The Bertz CT molecular complexity index is 352. The first-order valence-corrected chi connectivity index (χ1v) is 5.17. The lowest BCUT2D eigenvalue weighted by Gasteiger charge is -2.33. The maximum Gasteiger partial charge on any atom is 0.140 e. The van der Waals surface area contributed by atoms with Crippen LogP contribution < -0.4 is 10.2 Å². The van der Waals surface area contributed by atoms with Crippen molar-refractivity contribution in [3.8, 4) is 5.75 Å². The van der Waals surface area contributed by atoms with Crippen molar-refractivity contribution in [2.24, 2.45) is 0 Å². The van der Waals surface area contributed by atoms with Gasteiger partial charge in [-0.25, -0.2) is 0 Å². The van der Waals surface area contributed by atoms with E-state index in [1.54, 1.807) is 13.0 Å². The van der Waals surface area contributed by atoms with Gasteiger partial charge in [0.1, 0.15) is 11.4 Å². The van der Waals surface area contributed by atoms with Gasteiger partial charge in [-0.15, -0.1) is 0 Å². The minimum absolute atomic E-state index is 0.266. The third-order valence-electron chi connectivity index (χ3n) is 2.53. The van der Waals surface area contributed by atoms with E-state index >= 15 is 0 Å². The molecule has 1 aromatic carbocycles. The molecule has 3 N–H and O–H groups in total. The summed E-state index contributed by atoms with van der Waals surface area (Å²) in [6.45, 7) is 4.00. The van der Waals surface area contributed by atoms with Crippen LogP contribution in [0.15, 0.2) is 18.2 Å². The van der Waals surface area contributed by atoms with Crippen molar-refractivity contribution >= 4 is 11.4 Å². The lowest BCUT2D eigenvalue weighted by Crippen LogP contribution is -2.38. The molecule has 1 atom stereocenters. The van der Waals surface area contributed by atoms with Gasteiger partial charge in [-0.2, -0.15) is 0 Å². The van der Waals surface area contributed by atoms with Crippen LogP contribution in [0.3, 0.4) is 0 Å². The number of aromatic hydroxyl groups is 1. The van der Waals surface area contributed by atoms with Gasteiger partial charge in [-0.3, -0.25) is 0 Å². The minimum atomic E-state index is -0.363. The number of anilines is 2. The van der Waals surface area contributed by atoms with Crippen LogP contribution in [-0.4, -0.2) is 36.0 Å². The summed E-state index contributed by atoms with van der Waals surface area (Å²) in [7, 11) is 0. The standard InChI is InChI=1S/C11H16N2O2/c1-8(14)7-13-6-5-12-11-9(13)3-2-4-10(11)15/h2-4,8,12,14-15H,5-7H2,1H3. The number of fused-ring (bicyclic) bond motifs is 1. The third-order valence-corrected chi connectivity index (χ3v) is 2.53. The fraction of sp³-hybridized carbons (Fsp3) is 0.455. The summed E-state index contributed by atoms with van der Waals surface area (Å²) in [5.74, 6) is 0.266. The fourth-order valence-corrected chi connectivity index (χ4v) is 1.92. The van der Waals surface area contributed by atoms with Gasteiger partial charge in [0.25, 0.3) is 0 Å². The number of para-hydroxylation sites is 1. The summed E-state index contributed by atoms with van der Waals surface area (Å²) >= 11 is 0. The van der Waals surface area contributed by atoms with Crippen molar-refractivity contribution in [3.05, 3.63) is 18.2 Å². The molecule has 0 amide bonds. The summed E-state index contributed by atoms with van der Waals surface area (Å²) < 4.78 is 0. The molecule has 0 fully saturated rings. The Morgan fingerprint density at radius 3 is 3.07 bits per heavy atom. The van der Waals surface area contributed by atoms with Gasteiger partial charge in [0, 0.05) is 19.6 Å². The van der Waals surface area contributed by atoms with Crippen molar-refractivity contribution in [1.29, 1.82) is 0 Å². The van der Waals surface area contributed by atoms with Crippen molar-refractivity contribution in [3.63, 3.8) is 0 Å². The summed E-state index contributed by atoms with van der Waals surface area (Å²) in [5, 5.41) is 22.2. The third kappa shape index (κ3) is 1.99. The van der Waals surface area contributed by atoms with Gasteiger partial charge in [-0.1, -0.05) is 6.07 Å². The number of hydrogen-bond donors (Lipinski definition) is 3. The maximum absolute atomic E-state index is 9.66. The quantitative estimate of drug-likeness (QED) is 0.635. The molecule has 1 aromatic rings. The van der Waals surface area contributed by atoms with E-state index in [-0.39, 0.29) is 11.9 Å². The van der Waals surface area contributed by atoms with Crippen molar-refractivity contribution < 1.29 is 10.2 Å². The Labute approximate surface area is 89.1 Å². The number of benzene rings is 1. The normalized spacial score (nSPS) is 16.8. The molecule has 1 aliphatic rings. The highest BCUT2D eigenvalue weighted by atomic mass is 16.3. The molecule has 1 unspecified atom stereocenters. The molecule has 15 heavy (non-hydrogen) atoms. The highest BCUT2D eigenvalue weighted by molar-refractivity contribution is 5.77. The number of rotatable bonds is 2. The van der Waals surface area contributed by atoms with Crippen LogP contribution in [0.4, 0.5) is 11.4 Å². The van der Waals surface area contributed by atoms with E-state index in [0.29, 0.717) is 6.54 Å². The molecule has 4 nitrogen and oxygen atoms in total. The number of aliphatic hydroxyl groups is 1. The summed E-state index contributed by atoms with van der Waals surface area (Å²) in [6.07, 6.45) is -0.363. The van der Waals surface area contributed by atoms with E-state index in [1.165, 1.54) is 0 Å². The number of β-amino-alcohol motifs (C(OH)–C–C–N with tert-alkyl or cyclic N) is 1. The van der Waals surface area contributed by atoms with E-state index in [4.69, 9.17) is 0 Å². The predicted molar refractivity (Wildman–Crippen MR) is 60.5 cm³/mol. The predicted octanol–water partition coefficient (Wildman–Crippen LogP) is 1.00. The second kappa shape index (κ2) is 3.98. The maximum atomic E-state index is 9.66. The molecule has 0 aliphatic carbocycles. The average molecular weight is 208 g/mol. The number of hydrogen-bond acceptors (Lipinski definition) is 4. The van der Waals surface area contributed by atoms with Crippen LogP contribution in [-0.2, 0) is 0 Å². The second-order valence-electron chi connectivity index (χ2n) is 3.89. The SMILES string of the molecule is CC(O)CN1CCNc2c(O)cccc21. The van der Waals surface area contributed by atoms with Crippen LogP contribution in [0.5, 0.6) is 5.75 Å². The molecule has 2 rings (SSSR count). The first kappa shape index (κ1) is 10.1. The van der Waals surface area contributed by atoms with Gasteiger partial charge in [0.15, 0.2) is 0 Å². The number of aliphatic hydroxyl groups excluding tert-OH is 1. The van der Waals surface area contributed by atoms with Crippen LogP contribution in [0, 0.1) is 0 Å². The molecule has 1 aliphatic heterocycles. The van der Waals surface area contributed by atoms with E-state index in [0.717, 1.165) is 24.5 Å². The largest absolute Gasteiger partial charge is 0.506 e. The van der Waals surface area contributed by atoms with E-state index in [2.05, 4.69) is 10.2 Å². The van der Waals surface area contributed by atoms with Crippen molar-refractivity contribution in [2.45, 2.75) is 13.0 Å². The summed E-state index contributed by atoms with van der Waals surface area (Å²) in [5.41, 5.74) is 1.73. The van der Waals surface area contributed by atoms with Gasteiger partial charge < -0.3 is 20.4 Å². The van der Waals surface area contributed by atoms with Gasteiger partial charge in [0.05, 0.1) is 11.8 Å². The molecule has 0 spiro atoms. The summed E-state index contributed by atoms with van der Waals surface area (Å²) in [4.78, 5) is 2.08. The molecule has 1 heterocycles. The van der Waals surface area contributed by atoms with Gasteiger partial charge in [-0.05, 0) is 19.1 Å². The molecule has 0 saturated heterocycles. The molecule has 4 heteroatoms. The Morgan fingerprint density at radius 2 is 2.33 bits per heavy atom. The highest BCUT2D eigenvalue weighted by Gasteiger charge is 2.19. The van der Waals surface area contributed by atoms with E-state index in [1.807, 2.05) is 12.1 Å². The monoisotopic (exact) mass is 208 g/mol. The Balaban J connectivity index is 2.30. The second-order valence-corrected chi connectivity index (χ2v) is 3.89. The molecular weight excluding hydrogens is 192 g/mol. The zero-order chi connectivity index (χ0) is 10.8. The lowest BCUT2D eigenvalue weighted by atomic mass is 10.1. The zero-order valence-corrected chi connectivity index (χ0v) is 8.77. The average Bonchev–Trinajstić information content (AvgIpc) is 2.19. The van der Waals surface area contributed by atoms with Crippen LogP contribution in [0.1, 0.15) is 6.92 Å². The molecule has 0 saturated carbocycles. The van der Waals surface area contributed by atoms with E-state index < -0.39 is 0 Å². The minimum Gasteiger partial charge on any atom is -0.506 e. The first-order valence-electron chi connectivity index (χ1n) is 5.17. The Morgan fingerprint density at radius 1 is 1.53 bits per heavy atom. The van der Waals surface area contributed by atoms with E-state index in [9.17, 15) is 10.2 Å². The van der Waals surface area contributed by atoms with Crippen molar-refractivity contribution in [1.82, 2.24) is 0 Å². The van der Waals surface area contributed by atoms with Gasteiger partial charge >= 0.3 is 0 Å². The van der Waals surface area contributed by atoms with Crippen LogP contribution >= 0.6 is 0 Å². The molecule has 82 valence electrons. The Hall–Kier alpha value is -1.42. The van der Waals surface area contributed by atoms with Gasteiger partial charge in [0.2, 0.25) is 0 Å². The van der Waals surface area contributed by atoms with Crippen LogP contribution in [0.2, 0.25) is 0 Å². The number of nitrogens with one attached hydrogen (secondary N) is 1. The Kier molecular flexibility index (Phi) is 2.68. The molecule has 0 radical (unpaired) electrons. The highest BCUT2D eigenvalue weighted by Crippen LogP contribution is 2.36. The van der Waals surface area contributed by atoms with Crippen molar-refractivity contribution in [2.75, 3.05) is 29.9 Å². The molecular formula is C11H16N2O2. The number of phenolic OH excluding ortho intramolecular Hbond substituents is 1. The number of phenols is 1. The van der Waals surface area contributed by atoms with Crippen LogP contribution in [0.25, 0.3) is 0 Å². The fourth-order valence-electron chi connectivity index (χ4n) is 1.92. The zero-order valence-electron chi connectivity index (χ0n) is 8.77. The molecule has 0 bridgehead atoms. The first-order chi connectivity index (χ1) is 7.18. The lowest BCUT2D eigenvalue weighted by molar-refractivity contribution is 0.200.